The molecule has 13 nitrogen and oxygen atoms in total. The van der Waals surface area contributed by atoms with Crippen LogP contribution in [-0.4, -0.2) is 152 Å². The molecular formula is C37H47NO12. The van der Waals surface area contributed by atoms with Crippen molar-refractivity contribution in [3.8, 4) is 23.0 Å². The second-order valence-corrected chi connectivity index (χ2v) is 13.9. The summed E-state index contributed by atoms with van der Waals surface area (Å²) in [6.07, 6.45) is -11.0. The molecule has 1 amide bonds. The summed E-state index contributed by atoms with van der Waals surface area (Å²) in [5.74, 6) is 5.85. The number of piperidine rings is 1. The van der Waals surface area contributed by atoms with E-state index >= 15 is 0 Å². The Hall–Kier alpha value is -2.97. The maximum Gasteiger partial charge on any atom is 0.251 e. The number of benzene rings is 2. The molecule has 272 valence electrons. The van der Waals surface area contributed by atoms with Gasteiger partial charge >= 0.3 is 0 Å². The molecule has 0 unspecified atom stereocenters. The number of carbonyl (C=O) groups is 1. The van der Waals surface area contributed by atoms with Gasteiger partial charge in [0, 0.05) is 31.2 Å². The van der Waals surface area contributed by atoms with Crippen molar-refractivity contribution in [1.82, 2.24) is 4.90 Å². The van der Waals surface area contributed by atoms with Crippen LogP contribution < -0.4 is 0 Å². The van der Waals surface area contributed by atoms with Crippen molar-refractivity contribution in [2.75, 3.05) is 33.4 Å². The third kappa shape index (κ3) is 6.60. The Morgan fingerprint density at radius 1 is 0.840 bits per heavy atom. The zero-order valence-corrected chi connectivity index (χ0v) is 28.1. The number of rotatable bonds is 7. The van der Waals surface area contributed by atoms with E-state index in [0.717, 1.165) is 27.8 Å². The maximum atomic E-state index is 13.1. The van der Waals surface area contributed by atoms with Crippen molar-refractivity contribution in [3.63, 3.8) is 0 Å². The molecule has 1 aliphatic carbocycles. The Kier molecular flexibility index (Phi) is 11.0. The van der Waals surface area contributed by atoms with Gasteiger partial charge in [0.15, 0.2) is 0 Å². The van der Waals surface area contributed by atoms with Crippen molar-refractivity contribution >= 4 is 5.91 Å². The van der Waals surface area contributed by atoms with Crippen LogP contribution in [0.3, 0.4) is 0 Å². The molecule has 1 spiro atoms. The van der Waals surface area contributed by atoms with Crippen LogP contribution in [0.25, 0.3) is 11.1 Å². The maximum absolute atomic E-state index is 13.1. The van der Waals surface area contributed by atoms with Gasteiger partial charge in [0.25, 0.3) is 5.91 Å². The smallest absolute Gasteiger partial charge is 0.251 e. The Balaban J connectivity index is 1.30. The zero-order valence-electron chi connectivity index (χ0n) is 28.1. The molecule has 8 N–H and O–H groups in total. The Morgan fingerprint density at radius 3 is 2.06 bits per heavy atom. The highest BCUT2D eigenvalue weighted by Crippen LogP contribution is 2.54. The Morgan fingerprint density at radius 2 is 1.42 bits per heavy atom. The first-order valence-corrected chi connectivity index (χ1v) is 17.2. The molecule has 3 fully saturated rings. The fourth-order valence-electron chi connectivity index (χ4n) is 7.88. The van der Waals surface area contributed by atoms with Crippen LogP contribution in [0.4, 0.5) is 0 Å². The fourth-order valence-corrected chi connectivity index (χ4v) is 7.88. The van der Waals surface area contributed by atoms with E-state index in [9.17, 15) is 45.6 Å². The lowest BCUT2D eigenvalue weighted by Gasteiger charge is -2.42. The van der Waals surface area contributed by atoms with E-state index in [-0.39, 0.29) is 5.91 Å². The standard InChI is InChI=1S/C37H47NO12/c1-19(48-2)36(47)38-13-11-37(12-14-38)24-15-20(5-9-26-30(41)34(45)32(43)28(17-39)49-26)3-7-22(24)23-8-4-21(16-25(23)37)6-10-27-31(42)35(46)33(44)29(18-40)50-27/h3-4,7-8,15-16,19,26-35,39-46H,5,9,11-14,17-18H2,1-2H3/t19-,26-,27-,28-,29-,30-,31-,32-,33-,34-,35-/m1/s1. The highest BCUT2D eigenvalue weighted by molar-refractivity contribution is 5.83. The van der Waals surface area contributed by atoms with Gasteiger partial charge < -0.3 is 60.0 Å². The first-order valence-electron chi connectivity index (χ1n) is 17.2. The third-order valence-electron chi connectivity index (χ3n) is 11.0. The second-order valence-electron chi connectivity index (χ2n) is 13.9. The molecule has 2 aromatic carbocycles. The van der Waals surface area contributed by atoms with E-state index in [1.165, 1.54) is 7.11 Å². The number of aliphatic hydroxyl groups is 8. The molecule has 11 atom stereocenters. The van der Waals surface area contributed by atoms with Gasteiger partial charge in [-0.25, -0.2) is 0 Å². The van der Waals surface area contributed by atoms with Crippen molar-refractivity contribution in [3.05, 3.63) is 58.7 Å². The number of ether oxygens (including phenoxy) is 3. The van der Waals surface area contributed by atoms with Gasteiger partial charge in [0.1, 0.15) is 61.0 Å². The largest absolute Gasteiger partial charge is 0.394 e. The molecule has 13 heteroatoms. The number of nitrogens with zero attached hydrogens (tertiary/aromatic N) is 1. The zero-order chi connectivity index (χ0) is 35.9. The molecule has 3 aliphatic heterocycles. The van der Waals surface area contributed by atoms with Gasteiger partial charge in [-0.2, -0.15) is 0 Å². The summed E-state index contributed by atoms with van der Waals surface area (Å²) in [6, 6.07) is 12.1. The SMILES string of the molecule is CO[C@H](C)C(=O)N1CCC2(CC1)c1cc(C#C[C@H]3O[C@H](CO)[C@@H](O)[C@H](O)[C@@H]3O)ccc1-c1ccc(CC[C@H]3O[C@H](CO)[C@@H](O)[C@H](O)[C@@H]3O)cc12. The van der Waals surface area contributed by atoms with E-state index in [4.69, 9.17) is 14.2 Å². The molecule has 0 saturated carbocycles. The molecule has 50 heavy (non-hydrogen) atoms. The third-order valence-corrected chi connectivity index (χ3v) is 11.0. The topological polar surface area (TPSA) is 210 Å². The summed E-state index contributed by atoms with van der Waals surface area (Å²) in [5.41, 5.74) is 5.39. The van der Waals surface area contributed by atoms with Crippen LogP contribution in [0.1, 0.15) is 48.4 Å². The summed E-state index contributed by atoms with van der Waals surface area (Å²) in [4.78, 5) is 14.9. The van der Waals surface area contributed by atoms with E-state index in [1.54, 1.807) is 6.92 Å². The normalized spacial score (nSPS) is 33.7. The molecular weight excluding hydrogens is 650 g/mol. The predicted octanol–water partition coefficient (Wildman–Crippen LogP) is -1.42. The number of amides is 1. The Labute approximate surface area is 290 Å². The van der Waals surface area contributed by atoms with E-state index in [2.05, 4.69) is 24.0 Å². The number of aliphatic hydroxyl groups excluding tert-OH is 8. The highest BCUT2D eigenvalue weighted by Gasteiger charge is 2.47. The van der Waals surface area contributed by atoms with Gasteiger partial charge in [0.2, 0.25) is 0 Å². The predicted molar refractivity (Wildman–Crippen MR) is 178 cm³/mol. The number of methoxy groups -OCH3 is 1. The molecule has 2 aromatic rings. The lowest BCUT2D eigenvalue weighted by Crippen LogP contribution is -2.58. The molecule has 6 rings (SSSR count). The van der Waals surface area contributed by atoms with Crippen molar-refractivity contribution in [2.45, 2.75) is 105 Å². The average Bonchev–Trinajstić information content (AvgIpc) is 3.39. The van der Waals surface area contributed by atoms with Gasteiger partial charge in [0.05, 0.1) is 19.3 Å². The minimum absolute atomic E-state index is 0.0757. The summed E-state index contributed by atoms with van der Waals surface area (Å²) in [5, 5.41) is 81.1. The molecule has 0 radical (unpaired) electrons. The lowest BCUT2D eigenvalue weighted by atomic mass is 9.70. The summed E-state index contributed by atoms with van der Waals surface area (Å²) in [6.45, 7) is 1.70. The van der Waals surface area contributed by atoms with E-state index in [0.29, 0.717) is 44.3 Å². The van der Waals surface area contributed by atoms with Crippen LogP contribution in [0.5, 0.6) is 0 Å². The molecule has 0 bridgehead atoms. The molecule has 4 aliphatic rings. The van der Waals surface area contributed by atoms with Crippen LogP contribution in [0.15, 0.2) is 36.4 Å². The van der Waals surface area contributed by atoms with Crippen LogP contribution in [-0.2, 0) is 30.8 Å². The van der Waals surface area contributed by atoms with Gasteiger partial charge in [-0.3, -0.25) is 4.79 Å². The minimum atomic E-state index is -1.53. The minimum Gasteiger partial charge on any atom is -0.394 e. The van der Waals surface area contributed by atoms with Crippen molar-refractivity contribution in [1.29, 1.82) is 0 Å². The first-order chi connectivity index (χ1) is 23.9. The van der Waals surface area contributed by atoms with Crippen molar-refractivity contribution < 1.29 is 59.9 Å². The number of aryl methyl sites for hydroxylation is 1. The fraction of sp³-hybridized carbons (Fsp3) is 0.595. The second kappa shape index (κ2) is 14.9. The molecule has 0 aromatic heterocycles. The van der Waals surface area contributed by atoms with Gasteiger partial charge in [-0.1, -0.05) is 36.1 Å². The number of carbonyl (C=O) groups excluding carboxylic acids is 1. The van der Waals surface area contributed by atoms with Crippen LogP contribution >= 0.6 is 0 Å². The number of fused-ring (bicyclic) bond motifs is 5. The van der Waals surface area contributed by atoms with E-state index in [1.807, 2.05) is 29.2 Å². The Bertz CT molecular complexity index is 1590. The first kappa shape index (κ1) is 36.8. The summed E-state index contributed by atoms with van der Waals surface area (Å²) in [7, 11) is 1.51. The molecule has 3 heterocycles. The lowest BCUT2D eigenvalue weighted by molar-refractivity contribution is -0.230. The highest BCUT2D eigenvalue weighted by atomic mass is 16.6. The molecule has 3 saturated heterocycles. The van der Waals surface area contributed by atoms with Crippen molar-refractivity contribution in [2.24, 2.45) is 0 Å². The number of likely N-dealkylation sites (tertiary alicyclic amines) is 1. The average molecular weight is 698 g/mol. The van der Waals surface area contributed by atoms with Crippen LogP contribution in [0, 0.1) is 11.8 Å². The van der Waals surface area contributed by atoms with Crippen LogP contribution in [0.2, 0.25) is 0 Å². The number of hydrogen-bond donors (Lipinski definition) is 8. The quantitative estimate of drug-likeness (QED) is 0.157. The van der Waals surface area contributed by atoms with E-state index < -0.39 is 85.8 Å². The number of hydrogen-bond acceptors (Lipinski definition) is 12. The summed E-state index contributed by atoms with van der Waals surface area (Å²) >= 11 is 0. The monoisotopic (exact) mass is 697 g/mol. The van der Waals surface area contributed by atoms with Gasteiger partial charge in [-0.05, 0) is 72.6 Å². The van der Waals surface area contributed by atoms with Gasteiger partial charge in [-0.15, -0.1) is 0 Å². The summed E-state index contributed by atoms with van der Waals surface area (Å²) < 4.78 is 16.6.